The van der Waals surface area contributed by atoms with Gasteiger partial charge in [-0.2, -0.15) is 0 Å². The molecule has 0 saturated heterocycles. The van der Waals surface area contributed by atoms with E-state index >= 15 is 0 Å². The number of ether oxygens (including phenoxy) is 1. The van der Waals surface area contributed by atoms with E-state index in [0.717, 1.165) is 10.9 Å². The predicted molar refractivity (Wildman–Crippen MR) is 62.0 cm³/mol. The maximum absolute atomic E-state index is 13.2. The molecule has 3 rings (SSSR count). The Hall–Kier alpha value is -1.65. The molecule has 2 atom stereocenters. The standard InChI is InChI=1S/C13H12FNO2/c14-10-2-1-9-5-6-15(12(9)7-10)13-4-3-11(8-16)17-13/h1-7,11,13,16H,8H2/t11-,13+/m0/s1. The van der Waals surface area contributed by atoms with Crippen LogP contribution >= 0.6 is 0 Å². The van der Waals surface area contributed by atoms with Crippen molar-refractivity contribution in [3.63, 3.8) is 0 Å². The van der Waals surface area contributed by atoms with Gasteiger partial charge in [-0.05, 0) is 35.7 Å². The first-order valence-corrected chi connectivity index (χ1v) is 5.48. The van der Waals surface area contributed by atoms with Crippen LogP contribution in [0, 0.1) is 5.82 Å². The minimum atomic E-state index is -0.272. The molecule has 0 aliphatic carbocycles. The van der Waals surface area contributed by atoms with Gasteiger partial charge in [-0.15, -0.1) is 0 Å². The Labute approximate surface area is 97.7 Å². The summed E-state index contributed by atoms with van der Waals surface area (Å²) in [5.41, 5.74) is 0.790. The molecule has 0 amide bonds. The third-order valence-corrected chi connectivity index (χ3v) is 2.94. The number of halogens is 1. The van der Waals surface area contributed by atoms with Crippen molar-refractivity contribution in [2.75, 3.05) is 6.61 Å². The first-order chi connectivity index (χ1) is 8.28. The van der Waals surface area contributed by atoms with Crippen molar-refractivity contribution in [2.45, 2.75) is 12.3 Å². The Morgan fingerprint density at radius 3 is 2.94 bits per heavy atom. The zero-order valence-electron chi connectivity index (χ0n) is 9.08. The van der Waals surface area contributed by atoms with Gasteiger partial charge in [-0.1, -0.05) is 6.08 Å². The molecule has 0 bridgehead atoms. The van der Waals surface area contributed by atoms with E-state index in [4.69, 9.17) is 9.84 Å². The molecule has 0 radical (unpaired) electrons. The lowest BCUT2D eigenvalue weighted by molar-refractivity contribution is -0.00591. The topological polar surface area (TPSA) is 34.4 Å². The number of fused-ring (bicyclic) bond motifs is 1. The van der Waals surface area contributed by atoms with Gasteiger partial charge in [0, 0.05) is 6.20 Å². The van der Waals surface area contributed by atoms with E-state index in [9.17, 15) is 4.39 Å². The van der Waals surface area contributed by atoms with Crippen molar-refractivity contribution in [3.8, 4) is 0 Å². The van der Waals surface area contributed by atoms with Crippen LogP contribution in [0.25, 0.3) is 10.9 Å². The summed E-state index contributed by atoms with van der Waals surface area (Å²) in [6.07, 6.45) is 5.00. The van der Waals surface area contributed by atoms with Crippen molar-refractivity contribution >= 4 is 10.9 Å². The third kappa shape index (κ3) is 1.75. The van der Waals surface area contributed by atoms with Crippen LogP contribution in [0.15, 0.2) is 42.6 Å². The smallest absolute Gasteiger partial charge is 0.154 e. The number of nitrogens with zero attached hydrogens (tertiary/aromatic N) is 1. The van der Waals surface area contributed by atoms with Crippen LogP contribution in [0.3, 0.4) is 0 Å². The molecule has 3 nitrogen and oxygen atoms in total. The molecule has 0 spiro atoms. The van der Waals surface area contributed by atoms with Crippen LogP contribution in [0.1, 0.15) is 6.23 Å². The van der Waals surface area contributed by atoms with Gasteiger partial charge < -0.3 is 14.4 Å². The Morgan fingerprint density at radius 1 is 1.29 bits per heavy atom. The lowest BCUT2D eigenvalue weighted by Gasteiger charge is -2.15. The number of hydrogen-bond donors (Lipinski definition) is 1. The van der Waals surface area contributed by atoms with Crippen LogP contribution in [0.2, 0.25) is 0 Å². The molecular formula is C13H12FNO2. The highest BCUT2D eigenvalue weighted by atomic mass is 19.1. The average Bonchev–Trinajstić information content (AvgIpc) is 2.93. The van der Waals surface area contributed by atoms with E-state index < -0.39 is 0 Å². The average molecular weight is 233 g/mol. The van der Waals surface area contributed by atoms with Gasteiger partial charge in [0.25, 0.3) is 0 Å². The number of benzene rings is 1. The zero-order chi connectivity index (χ0) is 11.8. The molecule has 0 fully saturated rings. The molecule has 1 aliphatic rings. The number of aliphatic hydroxyl groups is 1. The number of aromatic nitrogens is 1. The molecule has 1 N–H and O–H groups in total. The number of rotatable bonds is 2. The second-order valence-corrected chi connectivity index (χ2v) is 4.06. The lowest BCUT2D eigenvalue weighted by atomic mass is 10.2. The number of aliphatic hydroxyl groups excluding tert-OH is 1. The summed E-state index contributed by atoms with van der Waals surface area (Å²) in [6.45, 7) is -0.0411. The Bertz CT molecular complexity index is 576. The molecule has 2 heterocycles. The lowest BCUT2D eigenvalue weighted by Crippen LogP contribution is -2.14. The first kappa shape index (κ1) is 10.5. The fraction of sp³-hybridized carbons (Fsp3) is 0.231. The molecular weight excluding hydrogens is 221 g/mol. The van der Waals surface area contributed by atoms with Crippen LogP contribution in [-0.2, 0) is 4.74 Å². The van der Waals surface area contributed by atoms with E-state index in [1.54, 1.807) is 6.07 Å². The molecule has 1 aromatic heterocycles. The third-order valence-electron chi connectivity index (χ3n) is 2.94. The highest BCUT2D eigenvalue weighted by molar-refractivity contribution is 5.80. The van der Waals surface area contributed by atoms with E-state index in [-0.39, 0.29) is 24.8 Å². The summed E-state index contributed by atoms with van der Waals surface area (Å²) in [4.78, 5) is 0. The molecule has 17 heavy (non-hydrogen) atoms. The van der Waals surface area contributed by atoms with Gasteiger partial charge in [-0.3, -0.25) is 0 Å². The molecule has 88 valence electrons. The maximum Gasteiger partial charge on any atom is 0.154 e. The molecule has 1 aliphatic heterocycles. The molecule has 2 aromatic rings. The van der Waals surface area contributed by atoms with E-state index in [0.29, 0.717) is 0 Å². The van der Waals surface area contributed by atoms with E-state index in [1.165, 1.54) is 12.1 Å². The summed E-state index contributed by atoms with van der Waals surface area (Å²) >= 11 is 0. The minimum absolute atomic E-state index is 0.0411. The maximum atomic E-state index is 13.2. The Balaban J connectivity index is 2.01. The van der Waals surface area contributed by atoms with E-state index in [2.05, 4.69) is 0 Å². The van der Waals surface area contributed by atoms with Crippen molar-refractivity contribution in [1.82, 2.24) is 4.57 Å². The van der Waals surface area contributed by atoms with E-state index in [1.807, 2.05) is 29.0 Å². The molecule has 4 heteroatoms. The van der Waals surface area contributed by atoms with Gasteiger partial charge in [0.15, 0.2) is 6.23 Å². The first-order valence-electron chi connectivity index (χ1n) is 5.48. The highest BCUT2D eigenvalue weighted by Crippen LogP contribution is 2.27. The quantitative estimate of drug-likeness (QED) is 0.807. The monoisotopic (exact) mass is 233 g/mol. The summed E-state index contributed by atoms with van der Waals surface area (Å²) < 4.78 is 20.6. The second-order valence-electron chi connectivity index (χ2n) is 4.06. The Kier molecular flexibility index (Phi) is 2.46. The summed E-state index contributed by atoms with van der Waals surface area (Å²) in [5, 5.41) is 9.96. The van der Waals surface area contributed by atoms with Gasteiger partial charge >= 0.3 is 0 Å². The van der Waals surface area contributed by atoms with Gasteiger partial charge in [0.05, 0.1) is 12.1 Å². The van der Waals surface area contributed by atoms with Crippen LogP contribution < -0.4 is 0 Å². The summed E-state index contributed by atoms with van der Waals surface area (Å²) in [6, 6.07) is 6.58. The van der Waals surface area contributed by atoms with Crippen LogP contribution in [0.5, 0.6) is 0 Å². The summed E-state index contributed by atoms with van der Waals surface area (Å²) in [5.74, 6) is -0.266. The molecule has 0 saturated carbocycles. The van der Waals surface area contributed by atoms with Crippen LogP contribution in [-0.4, -0.2) is 22.4 Å². The van der Waals surface area contributed by atoms with Gasteiger partial charge in [0.1, 0.15) is 11.9 Å². The van der Waals surface area contributed by atoms with Crippen molar-refractivity contribution in [3.05, 3.63) is 48.4 Å². The van der Waals surface area contributed by atoms with Gasteiger partial charge in [0.2, 0.25) is 0 Å². The van der Waals surface area contributed by atoms with Crippen LogP contribution in [0.4, 0.5) is 4.39 Å². The largest absolute Gasteiger partial charge is 0.393 e. The molecule has 0 unspecified atom stereocenters. The number of hydrogen-bond acceptors (Lipinski definition) is 2. The van der Waals surface area contributed by atoms with Crippen molar-refractivity contribution in [1.29, 1.82) is 0 Å². The summed E-state index contributed by atoms with van der Waals surface area (Å²) in [7, 11) is 0. The Morgan fingerprint density at radius 2 is 2.18 bits per heavy atom. The van der Waals surface area contributed by atoms with Gasteiger partial charge in [-0.25, -0.2) is 4.39 Å². The minimum Gasteiger partial charge on any atom is -0.393 e. The SMILES string of the molecule is OC[C@@H]1C=C[C@H](n2ccc3ccc(F)cc32)O1. The normalized spacial score (nSPS) is 23.6. The fourth-order valence-electron chi connectivity index (χ4n) is 2.10. The molecule has 1 aromatic carbocycles. The van der Waals surface area contributed by atoms with Crippen molar-refractivity contribution in [2.24, 2.45) is 0 Å². The fourth-order valence-corrected chi connectivity index (χ4v) is 2.10. The second kappa shape index (κ2) is 3.98. The predicted octanol–water partition coefficient (Wildman–Crippen LogP) is 2.23. The highest BCUT2D eigenvalue weighted by Gasteiger charge is 2.20. The zero-order valence-corrected chi connectivity index (χ0v) is 9.08. The van der Waals surface area contributed by atoms with Crippen molar-refractivity contribution < 1.29 is 14.2 Å².